The van der Waals surface area contributed by atoms with Crippen LogP contribution in [0.5, 0.6) is 5.75 Å². The van der Waals surface area contributed by atoms with Crippen LogP contribution in [0.2, 0.25) is 0 Å². The van der Waals surface area contributed by atoms with Crippen molar-refractivity contribution in [1.82, 2.24) is 5.32 Å². The summed E-state index contributed by atoms with van der Waals surface area (Å²) in [5.41, 5.74) is 4.32. The fraction of sp³-hybridized carbons (Fsp3) is 0.364. The van der Waals surface area contributed by atoms with Crippen molar-refractivity contribution in [3.05, 3.63) is 64.7 Å². The van der Waals surface area contributed by atoms with Crippen molar-refractivity contribution in [2.75, 3.05) is 13.2 Å². The molecule has 0 bridgehead atoms. The number of ether oxygens (including phenoxy) is 2. The van der Waals surface area contributed by atoms with Crippen LogP contribution in [0, 0.1) is 13.8 Å². The molecule has 2 aromatic rings. The normalized spacial score (nSPS) is 11.6. The van der Waals surface area contributed by atoms with Crippen LogP contribution in [0.15, 0.2) is 42.5 Å². The number of nitrogens with one attached hydrogen (secondary N) is 1. The van der Waals surface area contributed by atoms with Gasteiger partial charge in [-0.25, -0.2) is 4.79 Å². The third kappa shape index (κ3) is 6.44. The molecular formula is C22H27NO4. The lowest BCUT2D eigenvalue weighted by molar-refractivity contribution is -0.150. The Balaban J connectivity index is 1.74. The quantitative estimate of drug-likeness (QED) is 0.721. The topological polar surface area (TPSA) is 64.6 Å². The molecule has 5 heteroatoms. The monoisotopic (exact) mass is 369 g/mol. The number of amides is 1. The van der Waals surface area contributed by atoms with Crippen LogP contribution in [0.4, 0.5) is 0 Å². The summed E-state index contributed by atoms with van der Waals surface area (Å²) in [4.78, 5) is 23.8. The lowest BCUT2D eigenvalue weighted by Gasteiger charge is -2.15. The highest BCUT2D eigenvalue weighted by molar-refractivity contribution is 5.81. The number of aryl methyl sites for hydroxylation is 3. The van der Waals surface area contributed by atoms with Crippen LogP contribution < -0.4 is 10.1 Å². The van der Waals surface area contributed by atoms with E-state index in [2.05, 4.69) is 12.2 Å². The number of esters is 1. The van der Waals surface area contributed by atoms with Gasteiger partial charge in [0.1, 0.15) is 5.75 Å². The van der Waals surface area contributed by atoms with Crippen LogP contribution >= 0.6 is 0 Å². The second-order valence-corrected chi connectivity index (χ2v) is 6.60. The zero-order chi connectivity index (χ0) is 19.8. The smallest absolute Gasteiger partial charge is 0.344 e. The molecule has 0 aliphatic carbocycles. The molecule has 5 nitrogen and oxygen atoms in total. The van der Waals surface area contributed by atoms with E-state index in [0.29, 0.717) is 5.75 Å². The summed E-state index contributed by atoms with van der Waals surface area (Å²) in [5, 5.41) is 2.82. The van der Waals surface area contributed by atoms with Crippen molar-refractivity contribution in [2.24, 2.45) is 0 Å². The third-order valence-corrected chi connectivity index (χ3v) is 4.31. The summed E-state index contributed by atoms with van der Waals surface area (Å²) >= 11 is 0. The van der Waals surface area contributed by atoms with Gasteiger partial charge in [0.05, 0.1) is 6.04 Å². The molecule has 0 aliphatic rings. The zero-order valence-electron chi connectivity index (χ0n) is 16.4. The molecule has 0 unspecified atom stereocenters. The zero-order valence-corrected chi connectivity index (χ0v) is 16.4. The molecule has 0 fully saturated rings. The van der Waals surface area contributed by atoms with Crippen LogP contribution in [-0.4, -0.2) is 25.1 Å². The van der Waals surface area contributed by atoms with Gasteiger partial charge in [-0.3, -0.25) is 4.79 Å². The SMILES string of the molecule is CCc1ccc([C@H](C)NC(=O)COC(=O)COc2ccc(C)cc2C)cc1. The Bertz CT molecular complexity index is 783. The van der Waals surface area contributed by atoms with Gasteiger partial charge in [0.2, 0.25) is 0 Å². The van der Waals surface area contributed by atoms with Gasteiger partial charge < -0.3 is 14.8 Å². The summed E-state index contributed by atoms with van der Waals surface area (Å²) in [6, 6.07) is 13.6. The van der Waals surface area contributed by atoms with Crippen molar-refractivity contribution in [3.63, 3.8) is 0 Å². The van der Waals surface area contributed by atoms with Crippen LogP contribution in [0.25, 0.3) is 0 Å². The summed E-state index contributed by atoms with van der Waals surface area (Å²) in [7, 11) is 0. The number of rotatable bonds is 8. The van der Waals surface area contributed by atoms with Gasteiger partial charge in [0, 0.05) is 0 Å². The number of carbonyl (C=O) groups excluding carboxylic acids is 2. The lowest BCUT2D eigenvalue weighted by Crippen LogP contribution is -2.32. The first-order valence-corrected chi connectivity index (χ1v) is 9.13. The standard InChI is InChI=1S/C22H27NO4/c1-5-18-7-9-19(10-8-18)17(4)23-21(24)13-27-22(25)14-26-20-11-6-15(2)12-16(20)3/h6-12,17H,5,13-14H2,1-4H3,(H,23,24)/t17-/m0/s1. The van der Waals surface area contributed by atoms with Crippen molar-refractivity contribution in [2.45, 2.75) is 40.2 Å². The van der Waals surface area contributed by atoms with Gasteiger partial charge in [0.25, 0.3) is 5.91 Å². The summed E-state index contributed by atoms with van der Waals surface area (Å²) in [6.45, 7) is 7.33. The van der Waals surface area contributed by atoms with Crippen molar-refractivity contribution >= 4 is 11.9 Å². The largest absolute Gasteiger partial charge is 0.482 e. The molecular weight excluding hydrogens is 342 g/mol. The molecule has 2 aromatic carbocycles. The number of hydrogen-bond donors (Lipinski definition) is 1. The minimum Gasteiger partial charge on any atom is -0.482 e. The summed E-state index contributed by atoms with van der Waals surface area (Å²) in [6.07, 6.45) is 0.973. The molecule has 0 heterocycles. The van der Waals surface area contributed by atoms with E-state index in [-0.39, 0.29) is 25.2 Å². The van der Waals surface area contributed by atoms with Crippen LogP contribution in [-0.2, 0) is 20.7 Å². The molecule has 0 saturated carbocycles. The fourth-order valence-corrected chi connectivity index (χ4v) is 2.69. The van der Waals surface area contributed by atoms with E-state index in [9.17, 15) is 9.59 Å². The Morgan fingerprint density at radius 1 is 1.04 bits per heavy atom. The van der Waals surface area contributed by atoms with E-state index in [4.69, 9.17) is 9.47 Å². The number of benzene rings is 2. The Hall–Kier alpha value is -2.82. The average Bonchev–Trinajstić information content (AvgIpc) is 2.65. The fourth-order valence-electron chi connectivity index (χ4n) is 2.69. The Labute approximate surface area is 160 Å². The minimum atomic E-state index is -0.579. The van der Waals surface area contributed by atoms with Gasteiger partial charge >= 0.3 is 5.97 Å². The molecule has 0 spiro atoms. The molecule has 1 amide bonds. The summed E-state index contributed by atoms with van der Waals surface area (Å²) in [5.74, 6) is -0.293. The maximum atomic E-state index is 12.0. The Morgan fingerprint density at radius 2 is 1.74 bits per heavy atom. The highest BCUT2D eigenvalue weighted by Gasteiger charge is 2.13. The van der Waals surface area contributed by atoms with E-state index in [1.54, 1.807) is 0 Å². The second-order valence-electron chi connectivity index (χ2n) is 6.60. The van der Waals surface area contributed by atoms with Gasteiger partial charge in [-0.1, -0.05) is 48.9 Å². The molecule has 144 valence electrons. The molecule has 0 saturated heterocycles. The maximum Gasteiger partial charge on any atom is 0.344 e. The van der Waals surface area contributed by atoms with Gasteiger partial charge in [-0.05, 0) is 49.9 Å². The first-order chi connectivity index (χ1) is 12.9. The molecule has 1 N–H and O–H groups in total. The molecule has 1 atom stereocenters. The van der Waals surface area contributed by atoms with Crippen LogP contribution in [0.1, 0.15) is 42.1 Å². The maximum absolute atomic E-state index is 12.0. The van der Waals surface area contributed by atoms with E-state index >= 15 is 0 Å². The average molecular weight is 369 g/mol. The van der Waals surface area contributed by atoms with Gasteiger partial charge in [-0.15, -0.1) is 0 Å². The van der Waals surface area contributed by atoms with Gasteiger partial charge in [-0.2, -0.15) is 0 Å². The molecule has 2 rings (SSSR count). The third-order valence-electron chi connectivity index (χ3n) is 4.31. The van der Waals surface area contributed by atoms with E-state index < -0.39 is 5.97 Å². The molecule has 0 radical (unpaired) electrons. The van der Waals surface area contributed by atoms with Crippen LogP contribution in [0.3, 0.4) is 0 Å². The predicted octanol–water partition coefficient (Wildman–Crippen LogP) is 3.67. The van der Waals surface area contributed by atoms with E-state index in [1.165, 1.54) is 5.56 Å². The van der Waals surface area contributed by atoms with E-state index in [1.807, 2.05) is 63.2 Å². The minimum absolute atomic E-state index is 0.159. The Kier molecular flexibility index (Phi) is 7.41. The predicted molar refractivity (Wildman–Crippen MR) is 105 cm³/mol. The molecule has 0 aromatic heterocycles. The van der Waals surface area contributed by atoms with Crippen molar-refractivity contribution < 1.29 is 19.1 Å². The first kappa shape index (κ1) is 20.5. The Morgan fingerprint density at radius 3 is 2.37 bits per heavy atom. The summed E-state index contributed by atoms with van der Waals surface area (Å²) < 4.78 is 10.4. The molecule has 27 heavy (non-hydrogen) atoms. The van der Waals surface area contributed by atoms with E-state index in [0.717, 1.165) is 23.1 Å². The van der Waals surface area contributed by atoms with Gasteiger partial charge in [0.15, 0.2) is 13.2 Å². The second kappa shape index (κ2) is 9.76. The lowest BCUT2D eigenvalue weighted by atomic mass is 10.1. The number of hydrogen-bond acceptors (Lipinski definition) is 4. The number of carbonyl (C=O) groups is 2. The molecule has 0 aliphatic heterocycles. The highest BCUT2D eigenvalue weighted by Crippen LogP contribution is 2.18. The highest BCUT2D eigenvalue weighted by atomic mass is 16.6. The van der Waals surface area contributed by atoms with Crippen molar-refractivity contribution in [1.29, 1.82) is 0 Å². The first-order valence-electron chi connectivity index (χ1n) is 9.13. The van der Waals surface area contributed by atoms with Crippen molar-refractivity contribution in [3.8, 4) is 5.75 Å².